The Hall–Kier alpha value is -2.02. The zero-order valence-electron chi connectivity index (χ0n) is 15.2. The first kappa shape index (κ1) is 18.3. The van der Waals surface area contributed by atoms with E-state index in [9.17, 15) is 13.2 Å². The highest BCUT2D eigenvalue weighted by molar-refractivity contribution is 5.23. The Morgan fingerprint density at radius 1 is 1.04 bits per heavy atom. The first-order chi connectivity index (χ1) is 13.0. The van der Waals surface area contributed by atoms with Gasteiger partial charge in [-0.15, -0.1) is 0 Å². The average Bonchev–Trinajstić information content (AvgIpc) is 2.68. The van der Waals surface area contributed by atoms with Crippen molar-refractivity contribution < 1.29 is 13.2 Å². The summed E-state index contributed by atoms with van der Waals surface area (Å²) in [6.07, 6.45) is 5.91. The van der Waals surface area contributed by atoms with E-state index in [1.54, 1.807) is 0 Å². The Balaban J connectivity index is 1.44. The van der Waals surface area contributed by atoms with Crippen LogP contribution in [0.1, 0.15) is 66.4 Å². The third kappa shape index (κ3) is 4.29. The second kappa shape index (κ2) is 7.54. The average molecular weight is 376 g/mol. The number of hydrogen-bond donors (Lipinski definition) is 0. The number of aromatic nitrogens is 3. The van der Waals surface area contributed by atoms with Crippen molar-refractivity contribution in [3.8, 4) is 0 Å². The van der Waals surface area contributed by atoms with E-state index in [1.165, 1.54) is 49.9 Å². The Morgan fingerprint density at radius 3 is 2.56 bits per heavy atom. The summed E-state index contributed by atoms with van der Waals surface area (Å²) in [7, 11) is 0. The molecule has 0 spiro atoms. The Bertz CT molecular complexity index is 783. The Kier molecular flexibility index (Phi) is 5.12. The number of nitrogens with zero attached hydrogens (tertiary/aromatic N) is 4. The van der Waals surface area contributed by atoms with Crippen LogP contribution in [0, 0.1) is 0 Å². The van der Waals surface area contributed by atoms with E-state index in [0.29, 0.717) is 19.0 Å². The SMILES string of the molecule is FC(F)(F)c1ccc(CN2CCc3cnc(C4CCCCC4)nc3C2)cn1. The number of alkyl halides is 3. The zero-order chi connectivity index (χ0) is 18.9. The van der Waals surface area contributed by atoms with Gasteiger partial charge < -0.3 is 0 Å². The van der Waals surface area contributed by atoms with Crippen LogP contribution in [0.3, 0.4) is 0 Å². The molecular weight excluding hydrogens is 353 g/mol. The van der Waals surface area contributed by atoms with Crippen molar-refractivity contribution in [3.05, 3.63) is 52.9 Å². The summed E-state index contributed by atoms with van der Waals surface area (Å²) < 4.78 is 37.9. The molecule has 0 N–H and O–H groups in total. The van der Waals surface area contributed by atoms with Gasteiger partial charge in [-0.05, 0) is 36.5 Å². The molecule has 2 aromatic heterocycles. The number of hydrogen-bond acceptors (Lipinski definition) is 4. The molecule has 1 saturated carbocycles. The van der Waals surface area contributed by atoms with Crippen LogP contribution >= 0.6 is 0 Å². The van der Waals surface area contributed by atoms with Gasteiger partial charge in [0.05, 0.1) is 5.69 Å². The number of rotatable bonds is 3. The summed E-state index contributed by atoms with van der Waals surface area (Å²) in [5, 5.41) is 0. The molecule has 4 nitrogen and oxygen atoms in total. The zero-order valence-corrected chi connectivity index (χ0v) is 15.2. The van der Waals surface area contributed by atoms with Crippen LogP contribution in [-0.4, -0.2) is 26.4 Å². The highest BCUT2D eigenvalue weighted by Crippen LogP contribution is 2.31. The van der Waals surface area contributed by atoms with E-state index in [0.717, 1.165) is 36.1 Å². The molecule has 0 radical (unpaired) electrons. The lowest BCUT2D eigenvalue weighted by Crippen LogP contribution is -2.31. The number of pyridine rings is 1. The maximum Gasteiger partial charge on any atom is 0.433 e. The fourth-order valence-electron chi connectivity index (χ4n) is 4.01. The van der Waals surface area contributed by atoms with Crippen molar-refractivity contribution in [1.29, 1.82) is 0 Å². The molecule has 0 bridgehead atoms. The highest BCUT2D eigenvalue weighted by Gasteiger charge is 2.32. The van der Waals surface area contributed by atoms with Gasteiger partial charge in [-0.2, -0.15) is 13.2 Å². The molecule has 1 fully saturated rings. The summed E-state index contributed by atoms with van der Waals surface area (Å²) >= 11 is 0. The van der Waals surface area contributed by atoms with Crippen LogP contribution in [0.5, 0.6) is 0 Å². The van der Waals surface area contributed by atoms with E-state index in [-0.39, 0.29) is 0 Å². The lowest BCUT2D eigenvalue weighted by molar-refractivity contribution is -0.141. The molecule has 27 heavy (non-hydrogen) atoms. The van der Waals surface area contributed by atoms with Crippen LogP contribution in [0.2, 0.25) is 0 Å². The van der Waals surface area contributed by atoms with Gasteiger partial charge in [0, 0.05) is 37.9 Å². The van der Waals surface area contributed by atoms with Gasteiger partial charge >= 0.3 is 6.18 Å². The van der Waals surface area contributed by atoms with Crippen LogP contribution in [0.4, 0.5) is 13.2 Å². The largest absolute Gasteiger partial charge is 0.433 e. The molecular formula is C20H23F3N4. The van der Waals surface area contributed by atoms with E-state index >= 15 is 0 Å². The molecule has 144 valence electrons. The summed E-state index contributed by atoms with van der Waals surface area (Å²) in [5.74, 6) is 1.44. The second-order valence-corrected chi connectivity index (χ2v) is 7.55. The van der Waals surface area contributed by atoms with Crippen LogP contribution in [0.15, 0.2) is 24.5 Å². The van der Waals surface area contributed by atoms with Gasteiger partial charge in [-0.3, -0.25) is 9.88 Å². The maximum atomic E-state index is 12.6. The van der Waals surface area contributed by atoms with E-state index in [1.807, 2.05) is 6.20 Å². The lowest BCUT2D eigenvalue weighted by Gasteiger charge is -2.29. The summed E-state index contributed by atoms with van der Waals surface area (Å²) in [5.41, 5.74) is 2.20. The molecule has 1 aliphatic heterocycles. The monoisotopic (exact) mass is 376 g/mol. The van der Waals surface area contributed by atoms with Gasteiger partial charge in [-0.1, -0.05) is 25.3 Å². The summed E-state index contributed by atoms with van der Waals surface area (Å²) in [6, 6.07) is 2.56. The first-order valence-corrected chi connectivity index (χ1v) is 9.58. The van der Waals surface area contributed by atoms with Gasteiger partial charge in [0.2, 0.25) is 0 Å². The van der Waals surface area contributed by atoms with Crippen molar-refractivity contribution in [2.45, 2.75) is 63.7 Å². The summed E-state index contributed by atoms with van der Waals surface area (Å²) in [4.78, 5) is 15.2. The smallest absolute Gasteiger partial charge is 0.293 e. The third-order valence-electron chi connectivity index (χ3n) is 5.54. The molecule has 2 aliphatic rings. The topological polar surface area (TPSA) is 41.9 Å². The normalized spacial score (nSPS) is 19.1. The predicted molar refractivity (Wildman–Crippen MR) is 94.9 cm³/mol. The molecule has 1 aliphatic carbocycles. The van der Waals surface area contributed by atoms with E-state index in [4.69, 9.17) is 4.98 Å². The van der Waals surface area contributed by atoms with Crippen LogP contribution in [-0.2, 0) is 25.7 Å². The lowest BCUT2D eigenvalue weighted by atomic mass is 9.88. The van der Waals surface area contributed by atoms with E-state index in [2.05, 4.69) is 14.9 Å². The maximum absolute atomic E-state index is 12.6. The van der Waals surface area contributed by atoms with Gasteiger partial charge in [0.15, 0.2) is 0 Å². The van der Waals surface area contributed by atoms with Gasteiger partial charge in [0.25, 0.3) is 0 Å². The Labute approximate surface area is 156 Å². The molecule has 4 rings (SSSR count). The van der Waals surface area contributed by atoms with Gasteiger partial charge in [-0.25, -0.2) is 9.97 Å². The molecule has 0 atom stereocenters. The second-order valence-electron chi connectivity index (χ2n) is 7.55. The van der Waals surface area contributed by atoms with Crippen molar-refractivity contribution >= 4 is 0 Å². The van der Waals surface area contributed by atoms with Crippen molar-refractivity contribution in [2.24, 2.45) is 0 Å². The van der Waals surface area contributed by atoms with E-state index < -0.39 is 11.9 Å². The number of halogens is 3. The van der Waals surface area contributed by atoms with Crippen molar-refractivity contribution in [3.63, 3.8) is 0 Å². The van der Waals surface area contributed by atoms with Crippen LogP contribution in [0.25, 0.3) is 0 Å². The van der Waals surface area contributed by atoms with Crippen molar-refractivity contribution in [2.75, 3.05) is 6.54 Å². The van der Waals surface area contributed by atoms with Crippen molar-refractivity contribution in [1.82, 2.24) is 19.9 Å². The molecule has 2 aromatic rings. The quantitative estimate of drug-likeness (QED) is 0.791. The third-order valence-corrected chi connectivity index (χ3v) is 5.54. The minimum atomic E-state index is -4.39. The molecule has 7 heteroatoms. The standard InChI is InChI=1S/C20H23F3N4/c21-20(22,23)18-7-6-14(10-24-18)12-27-9-8-16-11-25-19(26-17(16)13-27)15-4-2-1-3-5-15/h6-7,10-11,15H,1-5,8-9,12-13H2. The first-order valence-electron chi connectivity index (χ1n) is 9.58. The fraction of sp³-hybridized carbons (Fsp3) is 0.550. The minimum absolute atomic E-state index is 0.471. The predicted octanol–water partition coefficient (Wildman–Crippen LogP) is 4.50. The molecule has 0 aromatic carbocycles. The van der Waals surface area contributed by atoms with Gasteiger partial charge in [0.1, 0.15) is 11.5 Å². The number of fused-ring (bicyclic) bond motifs is 1. The molecule has 0 unspecified atom stereocenters. The molecule has 0 amide bonds. The Morgan fingerprint density at radius 2 is 1.85 bits per heavy atom. The summed E-state index contributed by atoms with van der Waals surface area (Å²) in [6.45, 7) is 2.13. The fourth-order valence-corrected chi connectivity index (χ4v) is 4.01. The molecule has 0 saturated heterocycles. The molecule has 3 heterocycles. The highest BCUT2D eigenvalue weighted by atomic mass is 19.4. The van der Waals surface area contributed by atoms with Crippen LogP contribution < -0.4 is 0 Å². The minimum Gasteiger partial charge on any atom is -0.293 e.